The van der Waals surface area contributed by atoms with E-state index in [2.05, 4.69) is 15.9 Å². The van der Waals surface area contributed by atoms with E-state index in [4.69, 9.17) is 15.9 Å². The van der Waals surface area contributed by atoms with E-state index in [1.807, 2.05) is 26.0 Å². The molecule has 4 heteroatoms. The van der Waals surface area contributed by atoms with Crippen LogP contribution in [-0.4, -0.2) is 11.9 Å². The minimum Gasteiger partial charge on any atom is -0.491 e. The second-order valence-electron chi connectivity index (χ2n) is 3.22. The van der Waals surface area contributed by atoms with Crippen molar-refractivity contribution < 1.29 is 4.74 Å². The van der Waals surface area contributed by atoms with E-state index in [-0.39, 0.29) is 11.9 Å². The first-order valence-corrected chi connectivity index (χ1v) is 5.10. The van der Waals surface area contributed by atoms with Crippen LogP contribution in [0.1, 0.15) is 19.4 Å². The molecule has 0 spiro atoms. The van der Waals surface area contributed by atoms with Crippen molar-refractivity contribution in [2.45, 2.75) is 20.0 Å². The van der Waals surface area contributed by atoms with Gasteiger partial charge in [0, 0.05) is 10.0 Å². The summed E-state index contributed by atoms with van der Waals surface area (Å²) in [6.07, 6.45) is 0.144. The van der Waals surface area contributed by atoms with Crippen LogP contribution in [0.25, 0.3) is 0 Å². The van der Waals surface area contributed by atoms with Crippen molar-refractivity contribution in [1.29, 1.82) is 5.41 Å². The molecular weight excluding hydrogens is 244 g/mol. The molecule has 1 aromatic rings. The average molecular weight is 257 g/mol. The molecule has 0 atom stereocenters. The summed E-state index contributed by atoms with van der Waals surface area (Å²) in [7, 11) is 0. The van der Waals surface area contributed by atoms with Gasteiger partial charge in [0.1, 0.15) is 11.6 Å². The lowest BCUT2D eigenvalue weighted by Crippen LogP contribution is -2.12. The van der Waals surface area contributed by atoms with Gasteiger partial charge < -0.3 is 10.5 Å². The van der Waals surface area contributed by atoms with Crippen molar-refractivity contribution in [2.75, 3.05) is 0 Å². The third-order valence-electron chi connectivity index (χ3n) is 1.60. The van der Waals surface area contributed by atoms with Crippen LogP contribution < -0.4 is 10.5 Å². The Hall–Kier alpha value is -1.03. The van der Waals surface area contributed by atoms with Crippen molar-refractivity contribution in [1.82, 2.24) is 0 Å². The molecule has 3 N–H and O–H groups in total. The van der Waals surface area contributed by atoms with Gasteiger partial charge in [-0.25, -0.2) is 0 Å². The van der Waals surface area contributed by atoms with Crippen LogP contribution in [0, 0.1) is 5.41 Å². The van der Waals surface area contributed by atoms with E-state index in [0.717, 1.165) is 10.2 Å². The minimum absolute atomic E-state index is 0.0490. The molecule has 0 unspecified atom stereocenters. The number of nitrogens with two attached hydrogens (primary N) is 1. The van der Waals surface area contributed by atoms with Crippen molar-refractivity contribution >= 4 is 21.8 Å². The Balaban J connectivity index is 2.94. The number of hydrogen-bond donors (Lipinski definition) is 2. The third-order valence-corrected chi connectivity index (χ3v) is 2.26. The van der Waals surface area contributed by atoms with Crippen LogP contribution in [-0.2, 0) is 0 Å². The van der Waals surface area contributed by atoms with Gasteiger partial charge in [-0.05, 0) is 48.0 Å². The molecule has 0 amide bonds. The number of ether oxygens (including phenoxy) is 1. The van der Waals surface area contributed by atoms with Gasteiger partial charge in [-0.3, -0.25) is 5.41 Å². The molecule has 0 aliphatic heterocycles. The number of benzene rings is 1. The van der Waals surface area contributed by atoms with E-state index in [9.17, 15) is 0 Å². The highest BCUT2D eigenvalue weighted by Crippen LogP contribution is 2.23. The van der Waals surface area contributed by atoms with Gasteiger partial charge in [-0.15, -0.1) is 0 Å². The molecule has 0 saturated heterocycles. The molecule has 0 fully saturated rings. The highest BCUT2D eigenvalue weighted by atomic mass is 79.9. The molecule has 0 bridgehead atoms. The Morgan fingerprint density at radius 1 is 1.50 bits per heavy atom. The summed E-state index contributed by atoms with van der Waals surface area (Å²) in [5, 5.41) is 7.30. The predicted octanol–water partition coefficient (Wildman–Crippen LogP) is 2.52. The first-order valence-electron chi connectivity index (χ1n) is 4.31. The summed E-state index contributed by atoms with van der Waals surface area (Å²) >= 11 is 3.34. The Morgan fingerprint density at radius 2 is 2.14 bits per heavy atom. The minimum atomic E-state index is 0.0490. The number of halogens is 1. The van der Waals surface area contributed by atoms with Gasteiger partial charge in [-0.2, -0.15) is 0 Å². The Labute approximate surface area is 91.9 Å². The lowest BCUT2D eigenvalue weighted by atomic mass is 10.2. The monoisotopic (exact) mass is 256 g/mol. The maximum Gasteiger partial charge on any atom is 0.123 e. The molecule has 14 heavy (non-hydrogen) atoms. The molecule has 0 aliphatic carbocycles. The van der Waals surface area contributed by atoms with Gasteiger partial charge in [0.2, 0.25) is 0 Å². The van der Waals surface area contributed by atoms with Crippen molar-refractivity contribution in [2.24, 2.45) is 5.73 Å². The second kappa shape index (κ2) is 4.46. The van der Waals surface area contributed by atoms with Crippen LogP contribution in [0.15, 0.2) is 22.7 Å². The first-order chi connectivity index (χ1) is 6.50. The Morgan fingerprint density at radius 3 is 2.57 bits per heavy atom. The van der Waals surface area contributed by atoms with E-state index in [0.29, 0.717) is 5.56 Å². The smallest absolute Gasteiger partial charge is 0.123 e. The number of rotatable bonds is 3. The summed E-state index contributed by atoms with van der Waals surface area (Å²) in [6.45, 7) is 3.93. The number of hydrogen-bond acceptors (Lipinski definition) is 2. The molecule has 3 nitrogen and oxygen atoms in total. The SMILES string of the molecule is CC(C)Oc1ccc(C(=N)N)c(Br)c1. The van der Waals surface area contributed by atoms with Crippen LogP contribution in [0.4, 0.5) is 0 Å². The summed E-state index contributed by atoms with van der Waals surface area (Å²) in [5.74, 6) is 0.824. The van der Waals surface area contributed by atoms with Gasteiger partial charge >= 0.3 is 0 Å². The molecule has 1 aromatic carbocycles. The fourth-order valence-corrected chi connectivity index (χ4v) is 1.63. The molecule has 76 valence electrons. The van der Waals surface area contributed by atoms with Crippen molar-refractivity contribution in [3.63, 3.8) is 0 Å². The molecule has 0 radical (unpaired) electrons. The summed E-state index contributed by atoms with van der Waals surface area (Å²) < 4.78 is 6.27. The summed E-state index contributed by atoms with van der Waals surface area (Å²) in [4.78, 5) is 0. The molecule has 0 aliphatic rings. The van der Waals surface area contributed by atoms with E-state index in [1.54, 1.807) is 6.07 Å². The standard InChI is InChI=1S/C10H13BrN2O/c1-6(2)14-7-3-4-8(10(12)13)9(11)5-7/h3-6H,1-2H3,(H3,12,13). The summed E-state index contributed by atoms with van der Waals surface area (Å²) in [6, 6.07) is 5.39. The summed E-state index contributed by atoms with van der Waals surface area (Å²) in [5.41, 5.74) is 6.06. The molecule has 0 saturated carbocycles. The van der Waals surface area contributed by atoms with Crippen LogP contribution >= 0.6 is 15.9 Å². The fourth-order valence-electron chi connectivity index (χ4n) is 1.06. The quantitative estimate of drug-likeness (QED) is 0.645. The molecule has 1 rings (SSSR count). The normalized spacial score (nSPS) is 10.3. The zero-order valence-corrected chi connectivity index (χ0v) is 9.76. The fraction of sp³-hybridized carbons (Fsp3) is 0.300. The topological polar surface area (TPSA) is 59.1 Å². The lowest BCUT2D eigenvalue weighted by molar-refractivity contribution is 0.242. The maximum atomic E-state index is 7.30. The van der Waals surface area contributed by atoms with Gasteiger partial charge in [-0.1, -0.05) is 0 Å². The highest BCUT2D eigenvalue weighted by molar-refractivity contribution is 9.10. The number of amidine groups is 1. The van der Waals surface area contributed by atoms with Crippen molar-refractivity contribution in [3.8, 4) is 5.75 Å². The van der Waals surface area contributed by atoms with Gasteiger partial charge in [0.15, 0.2) is 0 Å². The predicted molar refractivity (Wildman–Crippen MR) is 60.9 cm³/mol. The number of nitrogens with one attached hydrogen (secondary N) is 1. The first kappa shape index (κ1) is 11.0. The van der Waals surface area contributed by atoms with Crippen molar-refractivity contribution in [3.05, 3.63) is 28.2 Å². The maximum absolute atomic E-state index is 7.30. The van der Waals surface area contributed by atoms with E-state index < -0.39 is 0 Å². The van der Waals surface area contributed by atoms with Gasteiger partial charge in [0.05, 0.1) is 6.10 Å². The average Bonchev–Trinajstić information content (AvgIpc) is 2.01. The molecular formula is C10H13BrN2O. The Kier molecular flexibility index (Phi) is 3.52. The van der Waals surface area contributed by atoms with Gasteiger partial charge in [0.25, 0.3) is 0 Å². The molecule has 0 aromatic heterocycles. The lowest BCUT2D eigenvalue weighted by Gasteiger charge is -2.11. The van der Waals surface area contributed by atoms with Crippen LogP contribution in [0.2, 0.25) is 0 Å². The van der Waals surface area contributed by atoms with E-state index >= 15 is 0 Å². The van der Waals surface area contributed by atoms with Crippen LogP contribution in [0.3, 0.4) is 0 Å². The molecule has 0 heterocycles. The zero-order chi connectivity index (χ0) is 10.7. The van der Waals surface area contributed by atoms with Crippen LogP contribution in [0.5, 0.6) is 5.75 Å². The zero-order valence-electron chi connectivity index (χ0n) is 8.17. The second-order valence-corrected chi connectivity index (χ2v) is 4.08. The Bertz CT molecular complexity index is 350. The number of nitrogen functional groups attached to an aromatic ring is 1. The van der Waals surface area contributed by atoms with E-state index in [1.165, 1.54) is 0 Å². The highest BCUT2D eigenvalue weighted by Gasteiger charge is 2.05. The third kappa shape index (κ3) is 2.73. The largest absolute Gasteiger partial charge is 0.491 e.